The van der Waals surface area contributed by atoms with Crippen LogP contribution in [0.15, 0.2) is 101 Å². The lowest BCUT2D eigenvalue weighted by molar-refractivity contribution is 0.102. The molecule has 160 valence electrons. The van der Waals surface area contributed by atoms with Gasteiger partial charge in [-0.3, -0.25) is 9.78 Å². The molecule has 33 heavy (non-hydrogen) atoms. The highest BCUT2D eigenvalue weighted by molar-refractivity contribution is 9.10. The molecular formula is C27H18BrN3O2. The Morgan fingerprint density at radius 1 is 1.03 bits per heavy atom. The Bertz CT molecular complexity index is 1590. The van der Waals surface area contributed by atoms with E-state index in [9.17, 15) is 4.79 Å². The van der Waals surface area contributed by atoms with Gasteiger partial charge in [0.25, 0.3) is 0 Å². The standard InChI is InChI=1S/C27H18BrN3O2/c28-17-8-9-21-19(12-17)20(14-31-21)26(32)25-23(16-5-3-11-30-13-16)24-18-6-2-1-4-15(18)7-10-22(24)33-27(25)29/h1-14,23,31H,29H2. The molecule has 0 aliphatic carbocycles. The smallest absolute Gasteiger partial charge is 0.199 e. The molecule has 1 atom stereocenters. The first-order valence-electron chi connectivity index (χ1n) is 10.5. The number of nitrogens with zero attached hydrogens (tertiary/aromatic N) is 1. The lowest BCUT2D eigenvalue weighted by Gasteiger charge is -2.30. The van der Waals surface area contributed by atoms with E-state index in [-0.39, 0.29) is 11.7 Å². The number of Topliss-reactive ketones (excluding diaryl/α,β-unsaturated/α-hetero) is 1. The third-order valence-electron chi connectivity index (χ3n) is 6.14. The molecule has 5 nitrogen and oxygen atoms in total. The number of benzene rings is 3. The highest BCUT2D eigenvalue weighted by atomic mass is 79.9. The molecule has 3 aromatic carbocycles. The molecule has 0 fully saturated rings. The first-order valence-corrected chi connectivity index (χ1v) is 11.3. The van der Waals surface area contributed by atoms with Crippen molar-refractivity contribution >= 4 is 43.4 Å². The van der Waals surface area contributed by atoms with Crippen LogP contribution in [0.1, 0.15) is 27.4 Å². The fourth-order valence-electron chi connectivity index (χ4n) is 4.67. The average Bonchev–Trinajstić information content (AvgIpc) is 3.26. The van der Waals surface area contributed by atoms with Gasteiger partial charge in [0.1, 0.15) is 5.75 Å². The van der Waals surface area contributed by atoms with Crippen LogP contribution in [0, 0.1) is 0 Å². The second-order valence-electron chi connectivity index (χ2n) is 8.02. The van der Waals surface area contributed by atoms with Crippen molar-refractivity contribution in [2.75, 3.05) is 0 Å². The van der Waals surface area contributed by atoms with Crippen LogP contribution in [0.5, 0.6) is 5.75 Å². The summed E-state index contributed by atoms with van der Waals surface area (Å²) >= 11 is 3.51. The number of halogens is 1. The van der Waals surface area contributed by atoms with Crippen LogP contribution >= 0.6 is 15.9 Å². The Morgan fingerprint density at radius 3 is 2.76 bits per heavy atom. The van der Waals surface area contributed by atoms with Crippen molar-refractivity contribution in [2.24, 2.45) is 5.73 Å². The van der Waals surface area contributed by atoms with E-state index < -0.39 is 5.92 Å². The van der Waals surface area contributed by atoms with E-state index in [0.29, 0.717) is 16.9 Å². The van der Waals surface area contributed by atoms with Gasteiger partial charge in [-0.25, -0.2) is 0 Å². The molecule has 0 bridgehead atoms. The summed E-state index contributed by atoms with van der Waals surface area (Å²) < 4.78 is 6.95. The number of H-pyrrole nitrogens is 1. The number of nitrogens with one attached hydrogen (secondary N) is 1. The molecule has 6 rings (SSSR count). The maximum absolute atomic E-state index is 14.1. The number of aromatic nitrogens is 2. The van der Waals surface area contributed by atoms with Crippen LogP contribution < -0.4 is 10.5 Å². The molecule has 0 amide bonds. The summed E-state index contributed by atoms with van der Waals surface area (Å²) in [6.07, 6.45) is 5.24. The second-order valence-corrected chi connectivity index (χ2v) is 8.93. The van der Waals surface area contributed by atoms with Gasteiger partial charge in [-0.15, -0.1) is 0 Å². The summed E-state index contributed by atoms with van der Waals surface area (Å²) in [7, 11) is 0. The van der Waals surface area contributed by atoms with Crippen LogP contribution in [0.3, 0.4) is 0 Å². The van der Waals surface area contributed by atoms with Crippen LogP contribution in [-0.4, -0.2) is 15.8 Å². The van der Waals surface area contributed by atoms with Gasteiger partial charge in [0.15, 0.2) is 11.7 Å². The summed E-state index contributed by atoms with van der Waals surface area (Å²) in [6.45, 7) is 0. The van der Waals surface area contributed by atoms with Gasteiger partial charge >= 0.3 is 0 Å². The number of rotatable bonds is 3. The molecule has 2 aromatic heterocycles. The number of fused-ring (bicyclic) bond motifs is 4. The molecule has 0 spiro atoms. The van der Waals surface area contributed by atoms with Crippen molar-refractivity contribution in [2.45, 2.75) is 5.92 Å². The van der Waals surface area contributed by atoms with Gasteiger partial charge in [-0.05, 0) is 46.7 Å². The minimum absolute atomic E-state index is 0.112. The summed E-state index contributed by atoms with van der Waals surface area (Å²) in [6, 6.07) is 21.7. The SMILES string of the molecule is NC1=C(C(=O)c2c[nH]c3ccc(Br)cc23)C(c2cccnc2)c2c(ccc3ccccc23)O1. The van der Waals surface area contributed by atoms with Crippen molar-refractivity contribution in [1.82, 2.24) is 9.97 Å². The number of nitrogens with two attached hydrogens (primary N) is 1. The van der Waals surface area contributed by atoms with Crippen molar-refractivity contribution in [1.29, 1.82) is 0 Å². The molecule has 1 unspecified atom stereocenters. The summed E-state index contributed by atoms with van der Waals surface area (Å²) in [4.78, 5) is 21.6. The monoisotopic (exact) mass is 495 g/mol. The first-order chi connectivity index (χ1) is 16.1. The molecule has 1 aliphatic rings. The molecule has 0 saturated carbocycles. The van der Waals surface area contributed by atoms with Crippen molar-refractivity contribution < 1.29 is 9.53 Å². The quantitative estimate of drug-likeness (QED) is 0.298. The number of pyridine rings is 1. The molecule has 3 heterocycles. The Hall–Kier alpha value is -3.90. The molecule has 6 heteroatoms. The molecule has 5 aromatic rings. The van der Waals surface area contributed by atoms with Gasteiger partial charge < -0.3 is 15.5 Å². The number of hydrogen-bond acceptors (Lipinski definition) is 4. The third kappa shape index (κ3) is 3.14. The normalized spacial score (nSPS) is 15.5. The average molecular weight is 496 g/mol. The molecule has 3 N–H and O–H groups in total. The van der Waals surface area contributed by atoms with Gasteiger partial charge in [0, 0.05) is 51.0 Å². The molecule has 0 radical (unpaired) electrons. The zero-order chi connectivity index (χ0) is 22.5. The minimum atomic E-state index is -0.418. The molecular weight excluding hydrogens is 478 g/mol. The number of hydrogen-bond donors (Lipinski definition) is 2. The van der Waals surface area contributed by atoms with Crippen LogP contribution in [0.4, 0.5) is 0 Å². The van der Waals surface area contributed by atoms with Crippen molar-refractivity contribution in [3.63, 3.8) is 0 Å². The number of ketones is 1. The third-order valence-corrected chi connectivity index (χ3v) is 6.64. The summed E-state index contributed by atoms with van der Waals surface area (Å²) in [5, 5.41) is 2.91. The number of allylic oxidation sites excluding steroid dienone is 1. The topological polar surface area (TPSA) is 81.0 Å². The van der Waals surface area contributed by atoms with Crippen molar-refractivity contribution in [3.8, 4) is 5.75 Å². The number of aromatic amines is 1. The molecule has 0 saturated heterocycles. The highest BCUT2D eigenvalue weighted by Crippen LogP contribution is 2.46. The predicted molar refractivity (Wildman–Crippen MR) is 132 cm³/mol. The zero-order valence-electron chi connectivity index (χ0n) is 17.4. The lowest BCUT2D eigenvalue weighted by atomic mass is 9.78. The van der Waals surface area contributed by atoms with E-state index in [1.54, 1.807) is 18.6 Å². The van der Waals surface area contributed by atoms with E-state index in [4.69, 9.17) is 10.5 Å². The fourth-order valence-corrected chi connectivity index (χ4v) is 5.03. The maximum atomic E-state index is 14.1. The van der Waals surface area contributed by atoms with Crippen LogP contribution in [0.2, 0.25) is 0 Å². The zero-order valence-corrected chi connectivity index (χ0v) is 19.0. The van der Waals surface area contributed by atoms with E-state index >= 15 is 0 Å². The number of carbonyl (C=O) groups is 1. The van der Waals surface area contributed by atoms with Crippen LogP contribution in [0.25, 0.3) is 21.7 Å². The van der Waals surface area contributed by atoms with E-state index in [1.807, 2.05) is 60.7 Å². The Kier molecular flexibility index (Phi) is 4.55. The summed E-state index contributed by atoms with van der Waals surface area (Å²) in [5.41, 5.74) is 10.1. The Balaban J connectivity index is 1.62. The number of ether oxygens (including phenoxy) is 1. The van der Waals surface area contributed by atoms with E-state index in [1.165, 1.54) is 0 Å². The van der Waals surface area contributed by atoms with Gasteiger partial charge in [0.05, 0.1) is 5.57 Å². The molecule has 1 aliphatic heterocycles. The predicted octanol–water partition coefficient (Wildman–Crippen LogP) is 6.06. The highest BCUT2D eigenvalue weighted by Gasteiger charge is 2.37. The van der Waals surface area contributed by atoms with Crippen LogP contribution in [-0.2, 0) is 0 Å². The first kappa shape index (κ1) is 19.8. The van der Waals surface area contributed by atoms with Gasteiger partial charge in [-0.1, -0.05) is 52.3 Å². The number of carbonyl (C=O) groups excluding carboxylic acids is 1. The minimum Gasteiger partial charge on any atom is -0.441 e. The lowest BCUT2D eigenvalue weighted by Crippen LogP contribution is -2.26. The fraction of sp³-hybridized carbons (Fsp3) is 0.0370. The van der Waals surface area contributed by atoms with Gasteiger partial charge in [-0.2, -0.15) is 0 Å². The van der Waals surface area contributed by atoms with E-state index in [2.05, 4.69) is 32.0 Å². The Morgan fingerprint density at radius 2 is 1.91 bits per heavy atom. The Labute approximate surface area is 198 Å². The van der Waals surface area contributed by atoms with Crippen molar-refractivity contribution in [3.05, 3.63) is 118 Å². The largest absolute Gasteiger partial charge is 0.441 e. The summed E-state index contributed by atoms with van der Waals surface area (Å²) in [5.74, 6) is 0.168. The second kappa shape index (κ2) is 7.60. The van der Waals surface area contributed by atoms with E-state index in [0.717, 1.165) is 37.3 Å². The maximum Gasteiger partial charge on any atom is 0.199 e. The van der Waals surface area contributed by atoms with Gasteiger partial charge in [0.2, 0.25) is 0 Å².